The quantitative estimate of drug-likeness (QED) is 0.286. The molecule has 0 rings (SSSR count). The molecule has 9 nitrogen and oxygen atoms in total. The van der Waals surface area contributed by atoms with E-state index in [1.54, 1.807) is 0 Å². The summed E-state index contributed by atoms with van der Waals surface area (Å²) < 4.78 is 17.8. The normalized spacial score (nSPS) is 11.6. The monoisotopic (exact) mass is 350 g/mol. The van der Waals surface area contributed by atoms with Crippen LogP contribution < -0.4 is 0 Å². The van der Waals surface area contributed by atoms with Crippen molar-refractivity contribution < 1.29 is 43.6 Å². The third kappa shape index (κ3) is 81.8. The van der Waals surface area contributed by atoms with Gasteiger partial charge < -0.3 is 34.5 Å². The first-order chi connectivity index (χ1) is 9.16. The fraction of sp³-hybridized carbons (Fsp3) is 0.600. The van der Waals surface area contributed by atoms with E-state index in [2.05, 4.69) is 26.8 Å². The maximum atomic E-state index is 8.88. The van der Waals surface area contributed by atoms with Crippen LogP contribution in [0.4, 0.5) is 0 Å². The SMILES string of the molecule is CC(C)=CCC/C(C)=C/CO.O=P(O)(O)O.O=P(O)(O)O. The topological polar surface area (TPSA) is 176 Å². The largest absolute Gasteiger partial charge is 0.466 e. The van der Waals surface area contributed by atoms with Gasteiger partial charge in [0.1, 0.15) is 0 Å². The van der Waals surface area contributed by atoms with Gasteiger partial charge in [-0.05, 0) is 33.6 Å². The van der Waals surface area contributed by atoms with Gasteiger partial charge in [0.15, 0.2) is 0 Å². The van der Waals surface area contributed by atoms with Crippen molar-refractivity contribution in [3.8, 4) is 0 Å². The molecule has 0 bridgehead atoms. The molecule has 0 heterocycles. The van der Waals surface area contributed by atoms with Gasteiger partial charge in [-0.3, -0.25) is 0 Å². The van der Waals surface area contributed by atoms with Gasteiger partial charge in [0, 0.05) is 0 Å². The molecule has 0 radical (unpaired) electrons. The Morgan fingerprint density at radius 1 is 0.857 bits per heavy atom. The second-order valence-corrected chi connectivity index (χ2v) is 6.13. The summed E-state index contributed by atoms with van der Waals surface area (Å²) in [4.78, 5) is 43.1. The van der Waals surface area contributed by atoms with E-state index >= 15 is 0 Å². The molecule has 0 fully saturated rings. The minimum absolute atomic E-state index is 0.167. The van der Waals surface area contributed by atoms with E-state index in [-0.39, 0.29) is 6.61 Å². The van der Waals surface area contributed by atoms with Gasteiger partial charge in [0.2, 0.25) is 0 Å². The summed E-state index contributed by atoms with van der Waals surface area (Å²) in [6.07, 6.45) is 6.23. The lowest BCUT2D eigenvalue weighted by Crippen LogP contribution is -1.80. The molecule has 7 N–H and O–H groups in total. The zero-order valence-corrected chi connectivity index (χ0v) is 13.9. The Labute approximate surface area is 123 Å². The number of aliphatic hydroxyl groups excluding tert-OH is 1. The summed E-state index contributed by atoms with van der Waals surface area (Å²) in [5.74, 6) is 0. The maximum absolute atomic E-state index is 8.88. The van der Waals surface area contributed by atoms with Crippen molar-refractivity contribution in [1.82, 2.24) is 0 Å². The summed E-state index contributed by atoms with van der Waals surface area (Å²) in [6.45, 7) is 6.42. The van der Waals surface area contributed by atoms with Crippen LogP contribution in [0.15, 0.2) is 23.3 Å². The van der Waals surface area contributed by atoms with E-state index < -0.39 is 15.6 Å². The van der Waals surface area contributed by atoms with E-state index in [1.807, 2.05) is 6.08 Å². The first-order valence-corrected chi connectivity index (χ1v) is 8.76. The molecular formula is C10H24O9P2. The van der Waals surface area contributed by atoms with Gasteiger partial charge >= 0.3 is 15.6 Å². The summed E-state index contributed by atoms with van der Waals surface area (Å²) in [6, 6.07) is 0. The second kappa shape index (κ2) is 13.3. The van der Waals surface area contributed by atoms with E-state index in [1.165, 1.54) is 11.1 Å². The minimum atomic E-state index is -4.64. The van der Waals surface area contributed by atoms with Gasteiger partial charge in [-0.25, -0.2) is 9.13 Å². The van der Waals surface area contributed by atoms with Crippen LogP contribution in [-0.4, -0.2) is 41.1 Å². The Morgan fingerprint density at radius 3 is 1.43 bits per heavy atom. The molecular weight excluding hydrogens is 326 g/mol. The number of phosphoric acid groups is 2. The van der Waals surface area contributed by atoms with Crippen LogP contribution >= 0.6 is 15.6 Å². The highest BCUT2D eigenvalue weighted by molar-refractivity contribution is 7.45. The van der Waals surface area contributed by atoms with Crippen LogP contribution in [0.2, 0.25) is 0 Å². The van der Waals surface area contributed by atoms with E-state index in [4.69, 9.17) is 43.6 Å². The maximum Gasteiger partial charge on any atom is 0.466 e. The van der Waals surface area contributed by atoms with Crippen molar-refractivity contribution in [3.63, 3.8) is 0 Å². The lowest BCUT2D eigenvalue weighted by molar-refractivity contribution is 0.272. The Bertz CT molecular complexity index is 364. The number of aliphatic hydroxyl groups is 1. The molecule has 0 saturated carbocycles. The van der Waals surface area contributed by atoms with Crippen molar-refractivity contribution in [2.75, 3.05) is 6.61 Å². The molecule has 0 spiro atoms. The molecule has 0 saturated heterocycles. The van der Waals surface area contributed by atoms with Crippen molar-refractivity contribution in [1.29, 1.82) is 0 Å². The molecule has 0 aromatic rings. The van der Waals surface area contributed by atoms with E-state index in [9.17, 15) is 0 Å². The summed E-state index contributed by atoms with van der Waals surface area (Å²) in [7, 11) is -9.28. The summed E-state index contributed by atoms with van der Waals surface area (Å²) in [5.41, 5.74) is 2.63. The zero-order chi connectivity index (χ0) is 17.7. The van der Waals surface area contributed by atoms with Gasteiger partial charge in [0.05, 0.1) is 6.61 Å². The van der Waals surface area contributed by atoms with Crippen molar-refractivity contribution in [2.24, 2.45) is 0 Å². The van der Waals surface area contributed by atoms with E-state index in [0.717, 1.165) is 12.8 Å². The van der Waals surface area contributed by atoms with Crippen LogP contribution in [0.25, 0.3) is 0 Å². The Balaban J connectivity index is -0.000000270. The smallest absolute Gasteiger partial charge is 0.392 e. The second-order valence-electron chi connectivity index (χ2n) is 4.08. The van der Waals surface area contributed by atoms with Gasteiger partial charge in [-0.2, -0.15) is 0 Å². The average molecular weight is 350 g/mol. The van der Waals surface area contributed by atoms with Crippen LogP contribution in [0.3, 0.4) is 0 Å². The molecule has 21 heavy (non-hydrogen) atoms. The van der Waals surface area contributed by atoms with Crippen molar-refractivity contribution in [3.05, 3.63) is 23.3 Å². The molecule has 0 aliphatic carbocycles. The molecule has 0 amide bonds. The molecule has 0 unspecified atom stereocenters. The molecule has 0 aromatic carbocycles. The molecule has 0 aliphatic rings. The van der Waals surface area contributed by atoms with Crippen LogP contribution in [-0.2, 0) is 9.13 Å². The number of hydrogen-bond donors (Lipinski definition) is 7. The van der Waals surface area contributed by atoms with Gasteiger partial charge in [0.25, 0.3) is 0 Å². The fourth-order valence-corrected chi connectivity index (χ4v) is 0.846. The van der Waals surface area contributed by atoms with Crippen molar-refractivity contribution in [2.45, 2.75) is 33.6 Å². The van der Waals surface area contributed by atoms with Crippen LogP contribution in [0, 0.1) is 0 Å². The summed E-state index contributed by atoms with van der Waals surface area (Å²) >= 11 is 0. The molecule has 0 aliphatic heterocycles. The molecule has 0 atom stereocenters. The predicted octanol–water partition coefficient (Wildman–Crippen LogP) is 0.814. The Kier molecular flexibility index (Phi) is 16.3. The first-order valence-electron chi connectivity index (χ1n) is 5.63. The minimum Gasteiger partial charge on any atom is -0.392 e. The van der Waals surface area contributed by atoms with Crippen LogP contribution in [0.5, 0.6) is 0 Å². The number of allylic oxidation sites excluding steroid dienone is 3. The van der Waals surface area contributed by atoms with Crippen molar-refractivity contribution >= 4 is 15.6 Å². The van der Waals surface area contributed by atoms with Gasteiger partial charge in [-0.1, -0.05) is 23.3 Å². The third-order valence-corrected chi connectivity index (χ3v) is 1.53. The lowest BCUT2D eigenvalue weighted by atomic mass is 10.1. The Morgan fingerprint density at radius 2 is 1.19 bits per heavy atom. The summed E-state index contributed by atoms with van der Waals surface area (Å²) in [5, 5.41) is 8.55. The highest BCUT2D eigenvalue weighted by Crippen LogP contribution is 2.26. The molecule has 0 aromatic heterocycles. The first kappa shape index (κ1) is 25.6. The van der Waals surface area contributed by atoms with Crippen LogP contribution in [0.1, 0.15) is 33.6 Å². The predicted molar refractivity (Wildman–Crippen MR) is 78.0 cm³/mol. The molecule has 11 heteroatoms. The fourth-order valence-electron chi connectivity index (χ4n) is 0.846. The highest BCUT2D eigenvalue weighted by Gasteiger charge is 2.00. The Hall–Kier alpha value is -0.340. The number of rotatable bonds is 4. The molecule has 128 valence electrons. The standard InChI is InChI=1S/C10H18O.2H3O4P/c1-9(2)5-4-6-10(3)7-8-11;2*1-5(2,3)4/h5,7,11H,4,6,8H2,1-3H3;2*(H3,1,2,3,4)/b10-7+;;. The third-order valence-electron chi connectivity index (χ3n) is 1.53. The number of hydrogen-bond acceptors (Lipinski definition) is 3. The zero-order valence-electron chi connectivity index (χ0n) is 12.1. The average Bonchev–Trinajstić information content (AvgIpc) is 2.11. The van der Waals surface area contributed by atoms with E-state index in [0.29, 0.717) is 0 Å². The lowest BCUT2D eigenvalue weighted by Gasteiger charge is -1.96. The highest BCUT2D eigenvalue weighted by atomic mass is 31.2. The van der Waals surface area contributed by atoms with Gasteiger partial charge in [-0.15, -0.1) is 0 Å².